The highest BCUT2D eigenvalue weighted by molar-refractivity contribution is 6.32. The van der Waals surface area contributed by atoms with Gasteiger partial charge in [-0.2, -0.15) is 0 Å². The molecule has 1 atom stereocenters. The van der Waals surface area contributed by atoms with E-state index in [0.717, 1.165) is 56.1 Å². The lowest BCUT2D eigenvalue weighted by Gasteiger charge is -2.41. The number of hydrogen-bond donors (Lipinski definition) is 2. The van der Waals surface area contributed by atoms with Gasteiger partial charge in [0.25, 0.3) is 0 Å². The molecule has 0 bridgehead atoms. The maximum atomic E-state index is 9.92. The van der Waals surface area contributed by atoms with Gasteiger partial charge in [-0.15, -0.1) is 0 Å². The molecule has 28 heavy (non-hydrogen) atoms. The third kappa shape index (κ3) is 5.14. The van der Waals surface area contributed by atoms with E-state index in [1.807, 2.05) is 25.1 Å². The van der Waals surface area contributed by atoms with E-state index in [2.05, 4.69) is 20.9 Å². The van der Waals surface area contributed by atoms with Crippen LogP contribution in [0.1, 0.15) is 23.4 Å². The van der Waals surface area contributed by atoms with E-state index >= 15 is 0 Å². The molecule has 0 aliphatic carbocycles. The number of aliphatic hydroxyl groups excluding tert-OH is 1. The Morgan fingerprint density at radius 3 is 2.79 bits per heavy atom. The normalized spacial score (nSPS) is 18.4. The Labute approximate surface area is 171 Å². The highest BCUT2D eigenvalue weighted by Gasteiger charge is 2.27. The molecule has 1 saturated heterocycles. The molecule has 3 rings (SSSR count). The van der Waals surface area contributed by atoms with Crippen molar-refractivity contribution in [3.63, 3.8) is 0 Å². The molecule has 1 aliphatic rings. The number of nitrogens with zero attached hydrogens (tertiary/aromatic N) is 3. The topological polar surface area (TPSA) is 69.1 Å². The van der Waals surface area contributed by atoms with E-state index in [-0.39, 0.29) is 18.4 Å². The van der Waals surface area contributed by atoms with Gasteiger partial charge in [-0.3, -0.25) is 14.8 Å². The predicted octanol–water partition coefficient (Wildman–Crippen LogP) is 2.83. The number of ether oxygens (including phenoxy) is 1. The maximum Gasteiger partial charge on any atom is 0.176 e. The van der Waals surface area contributed by atoms with Crippen LogP contribution < -0.4 is 4.74 Å². The molecule has 1 aliphatic heterocycles. The first-order chi connectivity index (χ1) is 13.5. The van der Waals surface area contributed by atoms with Crippen LogP contribution in [0.5, 0.6) is 11.5 Å². The standard InChI is InChI=1S/C21H28ClN3O3/c1-15-4-3-5-17(23-15)13-25-8-7-24(14-18(25)6-9-26)12-16-10-19(22)21(27)20(11-16)28-2/h3-5,10-11,18,26-27H,6-9,12-14H2,1-2H3/t18-/m0/s1. The van der Waals surface area contributed by atoms with Crippen LogP contribution in [-0.2, 0) is 13.1 Å². The van der Waals surface area contributed by atoms with Crippen molar-refractivity contribution in [2.45, 2.75) is 32.5 Å². The summed E-state index contributed by atoms with van der Waals surface area (Å²) < 4.78 is 5.21. The molecule has 1 aromatic heterocycles. The highest BCUT2D eigenvalue weighted by Crippen LogP contribution is 2.35. The molecular formula is C21H28ClN3O3. The Morgan fingerprint density at radius 1 is 1.25 bits per heavy atom. The number of aromatic hydroxyl groups is 1. The number of piperazine rings is 1. The number of pyridine rings is 1. The van der Waals surface area contributed by atoms with Gasteiger partial charge >= 0.3 is 0 Å². The molecule has 2 aromatic rings. The van der Waals surface area contributed by atoms with Gasteiger partial charge in [-0.25, -0.2) is 0 Å². The summed E-state index contributed by atoms with van der Waals surface area (Å²) in [4.78, 5) is 9.37. The number of methoxy groups -OCH3 is 1. The summed E-state index contributed by atoms with van der Waals surface area (Å²) >= 11 is 6.12. The summed E-state index contributed by atoms with van der Waals surface area (Å²) in [5, 5.41) is 19.8. The van der Waals surface area contributed by atoms with Gasteiger partial charge in [0.1, 0.15) is 0 Å². The fourth-order valence-corrected chi connectivity index (χ4v) is 3.99. The van der Waals surface area contributed by atoms with Crippen molar-refractivity contribution < 1.29 is 14.9 Å². The van der Waals surface area contributed by atoms with Gasteiger partial charge in [0.2, 0.25) is 0 Å². The minimum absolute atomic E-state index is 0.0263. The fraction of sp³-hybridized carbons (Fsp3) is 0.476. The van der Waals surface area contributed by atoms with Gasteiger partial charge in [0.05, 0.1) is 17.8 Å². The van der Waals surface area contributed by atoms with Crippen LogP contribution in [0.3, 0.4) is 0 Å². The zero-order valence-electron chi connectivity index (χ0n) is 16.4. The number of aliphatic hydroxyl groups is 1. The van der Waals surface area contributed by atoms with Gasteiger partial charge in [0.15, 0.2) is 11.5 Å². The molecule has 2 heterocycles. The number of hydrogen-bond acceptors (Lipinski definition) is 6. The average Bonchev–Trinajstić information content (AvgIpc) is 2.67. The first-order valence-corrected chi connectivity index (χ1v) is 9.93. The summed E-state index contributed by atoms with van der Waals surface area (Å²) in [6, 6.07) is 9.96. The van der Waals surface area contributed by atoms with E-state index in [1.165, 1.54) is 7.11 Å². The molecule has 0 amide bonds. The lowest BCUT2D eigenvalue weighted by atomic mass is 10.1. The lowest BCUT2D eigenvalue weighted by Crippen LogP contribution is -2.52. The van der Waals surface area contributed by atoms with Gasteiger partial charge in [-0.1, -0.05) is 17.7 Å². The quantitative estimate of drug-likeness (QED) is 0.738. The second-order valence-electron chi connectivity index (χ2n) is 7.27. The predicted molar refractivity (Wildman–Crippen MR) is 110 cm³/mol. The molecule has 152 valence electrons. The second kappa shape index (κ2) is 9.56. The van der Waals surface area contributed by atoms with E-state index in [1.54, 1.807) is 6.07 Å². The largest absolute Gasteiger partial charge is 0.503 e. The van der Waals surface area contributed by atoms with E-state index in [0.29, 0.717) is 10.8 Å². The Kier molecular flexibility index (Phi) is 7.13. The van der Waals surface area contributed by atoms with Gasteiger partial charge in [0, 0.05) is 51.1 Å². The van der Waals surface area contributed by atoms with E-state index in [4.69, 9.17) is 16.3 Å². The Hall–Kier alpha value is -1.86. The molecular weight excluding hydrogens is 378 g/mol. The van der Waals surface area contributed by atoms with Crippen LogP contribution in [0.4, 0.5) is 0 Å². The number of aryl methyl sites for hydroxylation is 1. The van der Waals surface area contributed by atoms with Crippen LogP contribution in [0.2, 0.25) is 5.02 Å². The molecule has 0 spiro atoms. The van der Waals surface area contributed by atoms with Crippen molar-refractivity contribution in [2.75, 3.05) is 33.4 Å². The minimum Gasteiger partial charge on any atom is -0.503 e. The van der Waals surface area contributed by atoms with Crippen LogP contribution in [0.25, 0.3) is 0 Å². The zero-order chi connectivity index (χ0) is 20.1. The molecule has 1 fully saturated rings. The fourth-order valence-electron chi connectivity index (χ4n) is 3.76. The van der Waals surface area contributed by atoms with Crippen molar-refractivity contribution >= 4 is 11.6 Å². The number of rotatable bonds is 7. The number of halogens is 1. The van der Waals surface area contributed by atoms with E-state index < -0.39 is 0 Å². The van der Waals surface area contributed by atoms with Crippen molar-refractivity contribution in [1.82, 2.24) is 14.8 Å². The summed E-state index contributed by atoms with van der Waals surface area (Å²) in [7, 11) is 1.52. The number of phenolic OH excluding ortho intramolecular Hbond substituents is 1. The lowest BCUT2D eigenvalue weighted by molar-refractivity contribution is 0.0491. The van der Waals surface area contributed by atoms with Gasteiger partial charge in [-0.05, 0) is 43.2 Å². The van der Waals surface area contributed by atoms with Crippen LogP contribution in [-0.4, -0.2) is 64.4 Å². The summed E-state index contributed by atoms with van der Waals surface area (Å²) in [5.74, 6) is 0.361. The van der Waals surface area contributed by atoms with Crippen LogP contribution in [0, 0.1) is 6.92 Å². The smallest absolute Gasteiger partial charge is 0.176 e. The third-order valence-corrected chi connectivity index (χ3v) is 5.46. The van der Waals surface area contributed by atoms with Crippen molar-refractivity contribution in [2.24, 2.45) is 0 Å². The number of phenols is 1. The van der Waals surface area contributed by atoms with Crippen LogP contribution >= 0.6 is 11.6 Å². The first-order valence-electron chi connectivity index (χ1n) is 9.55. The van der Waals surface area contributed by atoms with Crippen molar-refractivity contribution in [3.8, 4) is 11.5 Å². The molecule has 0 radical (unpaired) electrons. The Morgan fingerprint density at radius 2 is 2.07 bits per heavy atom. The SMILES string of the molecule is COc1cc(CN2CCN(Cc3cccc(C)n3)[C@@H](CCO)C2)cc(Cl)c1O. The first kappa shape index (κ1) is 20.9. The van der Waals surface area contributed by atoms with Gasteiger partial charge < -0.3 is 14.9 Å². The molecule has 2 N–H and O–H groups in total. The Balaban J connectivity index is 1.67. The molecule has 1 aromatic carbocycles. The molecule has 0 unspecified atom stereocenters. The zero-order valence-corrected chi connectivity index (χ0v) is 17.2. The van der Waals surface area contributed by atoms with Crippen LogP contribution in [0.15, 0.2) is 30.3 Å². The number of benzene rings is 1. The molecule has 0 saturated carbocycles. The minimum atomic E-state index is -0.0263. The van der Waals surface area contributed by atoms with E-state index in [9.17, 15) is 10.2 Å². The highest BCUT2D eigenvalue weighted by atomic mass is 35.5. The third-order valence-electron chi connectivity index (χ3n) is 5.18. The van der Waals surface area contributed by atoms with Crippen molar-refractivity contribution in [1.29, 1.82) is 0 Å². The molecule has 6 nitrogen and oxygen atoms in total. The second-order valence-corrected chi connectivity index (χ2v) is 7.68. The van der Waals surface area contributed by atoms with Crippen molar-refractivity contribution in [3.05, 3.63) is 52.3 Å². The summed E-state index contributed by atoms with van der Waals surface area (Å²) in [6.07, 6.45) is 0.724. The monoisotopic (exact) mass is 405 g/mol. The Bertz CT molecular complexity index is 802. The number of aromatic nitrogens is 1. The summed E-state index contributed by atoms with van der Waals surface area (Å²) in [6.45, 7) is 6.34. The molecule has 7 heteroatoms. The maximum absolute atomic E-state index is 9.92. The average molecular weight is 406 g/mol. The summed E-state index contributed by atoms with van der Waals surface area (Å²) in [5.41, 5.74) is 3.08.